The molecule has 0 radical (unpaired) electrons. The minimum absolute atomic E-state index is 0.741. The number of rotatable bonds is 5. The number of H-pyrrole nitrogens is 1. The maximum atomic E-state index is 5.02. The van der Waals surface area contributed by atoms with Crippen molar-refractivity contribution >= 4 is 26.8 Å². The van der Waals surface area contributed by atoms with Gasteiger partial charge in [-0.15, -0.1) is 0 Å². The van der Waals surface area contributed by atoms with Crippen molar-refractivity contribution in [2.75, 3.05) is 20.3 Å². The van der Waals surface area contributed by atoms with Gasteiger partial charge in [0.2, 0.25) is 0 Å². The van der Waals surface area contributed by atoms with Crippen molar-refractivity contribution in [3.8, 4) is 0 Å². The van der Waals surface area contributed by atoms with E-state index in [9.17, 15) is 0 Å². The number of aromatic nitrogens is 1. The Morgan fingerprint density at radius 2 is 2.24 bits per heavy atom. The average Bonchev–Trinajstić information content (AvgIpc) is 2.61. The van der Waals surface area contributed by atoms with Gasteiger partial charge in [-0.25, -0.2) is 0 Å². The number of methoxy groups -OCH3 is 1. The maximum Gasteiger partial charge on any atom is 0.0587 e. The van der Waals surface area contributed by atoms with Crippen molar-refractivity contribution in [1.82, 2.24) is 10.3 Å². The third-order valence-corrected chi connectivity index (χ3v) is 3.36. The zero-order valence-electron chi connectivity index (χ0n) is 10.1. The first-order valence-electron chi connectivity index (χ1n) is 5.68. The van der Waals surface area contributed by atoms with Crippen molar-refractivity contribution in [2.45, 2.75) is 13.5 Å². The van der Waals surface area contributed by atoms with E-state index in [1.807, 2.05) is 0 Å². The first-order chi connectivity index (χ1) is 8.22. The summed E-state index contributed by atoms with van der Waals surface area (Å²) in [5, 5.41) is 4.66. The summed E-state index contributed by atoms with van der Waals surface area (Å²) in [6.45, 7) is 4.59. The Hall–Kier alpha value is -0.840. The van der Waals surface area contributed by atoms with Gasteiger partial charge in [0.25, 0.3) is 0 Å². The normalized spacial score (nSPS) is 11.2. The molecule has 4 heteroatoms. The molecule has 0 aliphatic rings. The second-order valence-corrected chi connectivity index (χ2v) is 5.00. The van der Waals surface area contributed by atoms with E-state index in [4.69, 9.17) is 4.74 Å². The van der Waals surface area contributed by atoms with Crippen LogP contribution in [0.4, 0.5) is 0 Å². The molecule has 17 heavy (non-hydrogen) atoms. The fourth-order valence-corrected chi connectivity index (χ4v) is 2.33. The number of aryl methyl sites for hydroxylation is 1. The highest BCUT2D eigenvalue weighted by Gasteiger charge is 2.07. The summed E-state index contributed by atoms with van der Waals surface area (Å²) in [4.78, 5) is 3.40. The van der Waals surface area contributed by atoms with Gasteiger partial charge < -0.3 is 15.0 Å². The molecule has 0 atom stereocenters. The molecule has 0 saturated heterocycles. The van der Waals surface area contributed by atoms with Gasteiger partial charge in [0.15, 0.2) is 0 Å². The SMILES string of the molecule is COCCNCc1c(C)[nH]c2ccc(Br)cc12. The topological polar surface area (TPSA) is 37.0 Å². The largest absolute Gasteiger partial charge is 0.383 e. The molecular formula is C13H17BrN2O. The minimum atomic E-state index is 0.741. The molecular weight excluding hydrogens is 280 g/mol. The molecule has 0 aliphatic carbocycles. The van der Waals surface area contributed by atoms with Crippen LogP contribution in [0, 0.1) is 6.92 Å². The van der Waals surface area contributed by atoms with E-state index in [2.05, 4.69) is 51.4 Å². The van der Waals surface area contributed by atoms with E-state index in [1.165, 1.54) is 22.2 Å². The molecule has 1 aromatic carbocycles. The Kier molecular flexibility index (Phi) is 4.20. The van der Waals surface area contributed by atoms with Crippen LogP contribution in [0.1, 0.15) is 11.3 Å². The molecule has 2 rings (SSSR count). The lowest BCUT2D eigenvalue weighted by Gasteiger charge is -2.04. The van der Waals surface area contributed by atoms with E-state index in [0.717, 1.165) is 24.2 Å². The van der Waals surface area contributed by atoms with Crippen LogP contribution < -0.4 is 5.32 Å². The fourth-order valence-electron chi connectivity index (χ4n) is 1.97. The molecule has 0 aliphatic heterocycles. The highest BCUT2D eigenvalue weighted by molar-refractivity contribution is 9.10. The van der Waals surface area contributed by atoms with Crippen LogP contribution in [0.5, 0.6) is 0 Å². The molecule has 92 valence electrons. The highest BCUT2D eigenvalue weighted by Crippen LogP contribution is 2.25. The third-order valence-electron chi connectivity index (χ3n) is 2.87. The van der Waals surface area contributed by atoms with Crippen LogP contribution >= 0.6 is 15.9 Å². The Labute approximate surface area is 110 Å². The predicted molar refractivity (Wildman–Crippen MR) is 74.3 cm³/mol. The van der Waals surface area contributed by atoms with Gasteiger partial charge >= 0.3 is 0 Å². The summed E-state index contributed by atoms with van der Waals surface area (Å²) >= 11 is 3.51. The van der Waals surface area contributed by atoms with Gasteiger partial charge in [-0.05, 0) is 30.7 Å². The van der Waals surface area contributed by atoms with Gasteiger partial charge in [-0.2, -0.15) is 0 Å². The Morgan fingerprint density at radius 3 is 3.00 bits per heavy atom. The van der Waals surface area contributed by atoms with Crippen molar-refractivity contribution < 1.29 is 4.74 Å². The maximum absolute atomic E-state index is 5.02. The second kappa shape index (κ2) is 5.67. The first-order valence-corrected chi connectivity index (χ1v) is 6.48. The van der Waals surface area contributed by atoms with E-state index < -0.39 is 0 Å². The smallest absolute Gasteiger partial charge is 0.0587 e. The molecule has 0 saturated carbocycles. The standard InChI is InChI=1S/C13H17BrN2O/c1-9-12(8-15-5-6-17-2)11-7-10(14)3-4-13(11)16-9/h3-4,7,15-16H,5-6,8H2,1-2H3. The molecule has 0 spiro atoms. The first kappa shape index (κ1) is 12.6. The van der Waals surface area contributed by atoms with E-state index in [0.29, 0.717) is 0 Å². The number of aromatic amines is 1. The lowest BCUT2D eigenvalue weighted by Crippen LogP contribution is -2.18. The number of halogens is 1. The van der Waals surface area contributed by atoms with Gasteiger partial charge in [0.1, 0.15) is 0 Å². The minimum Gasteiger partial charge on any atom is -0.383 e. The number of hydrogen-bond acceptors (Lipinski definition) is 2. The van der Waals surface area contributed by atoms with Crippen LogP contribution in [-0.4, -0.2) is 25.2 Å². The van der Waals surface area contributed by atoms with E-state index in [-0.39, 0.29) is 0 Å². The predicted octanol–water partition coefficient (Wildman–Crippen LogP) is 2.97. The molecule has 1 heterocycles. The fraction of sp³-hybridized carbons (Fsp3) is 0.385. The van der Waals surface area contributed by atoms with Gasteiger partial charge in [0.05, 0.1) is 6.61 Å². The van der Waals surface area contributed by atoms with Crippen molar-refractivity contribution in [3.63, 3.8) is 0 Å². The van der Waals surface area contributed by atoms with Crippen LogP contribution in [0.2, 0.25) is 0 Å². The summed E-state index contributed by atoms with van der Waals surface area (Å²) < 4.78 is 6.13. The molecule has 0 fully saturated rings. The molecule has 3 nitrogen and oxygen atoms in total. The molecule has 0 unspecified atom stereocenters. The summed E-state index contributed by atoms with van der Waals surface area (Å²) in [5.41, 5.74) is 3.75. The van der Waals surface area contributed by atoms with E-state index >= 15 is 0 Å². The zero-order valence-corrected chi connectivity index (χ0v) is 11.7. The third kappa shape index (κ3) is 2.89. The number of hydrogen-bond donors (Lipinski definition) is 2. The summed E-state index contributed by atoms with van der Waals surface area (Å²) in [6, 6.07) is 6.32. The van der Waals surface area contributed by atoms with Crippen molar-refractivity contribution in [1.29, 1.82) is 0 Å². The van der Waals surface area contributed by atoms with E-state index in [1.54, 1.807) is 7.11 Å². The Balaban J connectivity index is 2.20. The molecule has 1 aromatic heterocycles. The summed E-state index contributed by atoms with van der Waals surface area (Å²) in [5.74, 6) is 0. The summed E-state index contributed by atoms with van der Waals surface area (Å²) in [6.07, 6.45) is 0. The van der Waals surface area contributed by atoms with Crippen LogP contribution in [0.25, 0.3) is 10.9 Å². The van der Waals surface area contributed by atoms with Crippen LogP contribution in [0.15, 0.2) is 22.7 Å². The zero-order chi connectivity index (χ0) is 12.3. The van der Waals surface area contributed by atoms with Crippen LogP contribution in [-0.2, 0) is 11.3 Å². The molecule has 2 aromatic rings. The monoisotopic (exact) mass is 296 g/mol. The number of ether oxygens (including phenoxy) is 1. The average molecular weight is 297 g/mol. The summed E-state index contributed by atoms with van der Waals surface area (Å²) in [7, 11) is 1.72. The van der Waals surface area contributed by atoms with Gasteiger partial charge in [-0.1, -0.05) is 15.9 Å². The van der Waals surface area contributed by atoms with Crippen LogP contribution in [0.3, 0.4) is 0 Å². The van der Waals surface area contributed by atoms with Crippen molar-refractivity contribution in [3.05, 3.63) is 33.9 Å². The second-order valence-electron chi connectivity index (χ2n) is 4.09. The van der Waals surface area contributed by atoms with Crippen molar-refractivity contribution in [2.24, 2.45) is 0 Å². The highest BCUT2D eigenvalue weighted by atomic mass is 79.9. The number of fused-ring (bicyclic) bond motifs is 1. The lowest BCUT2D eigenvalue weighted by molar-refractivity contribution is 0.199. The number of nitrogens with one attached hydrogen (secondary N) is 2. The quantitative estimate of drug-likeness (QED) is 0.833. The number of benzene rings is 1. The Morgan fingerprint density at radius 1 is 1.41 bits per heavy atom. The molecule has 0 amide bonds. The molecule has 2 N–H and O–H groups in total. The lowest BCUT2D eigenvalue weighted by atomic mass is 10.1. The van der Waals surface area contributed by atoms with Gasteiger partial charge in [-0.3, -0.25) is 0 Å². The van der Waals surface area contributed by atoms with Gasteiger partial charge in [0, 0.05) is 41.3 Å². The Bertz CT molecular complexity index is 507. The molecule has 0 bridgehead atoms.